The summed E-state index contributed by atoms with van der Waals surface area (Å²) in [4.78, 5) is 0. The van der Waals surface area contributed by atoms with Crippen LogP contribution in [0.3, 0.4) is 0 Å². The maximum absolute atomic E-state index is 9.70. The Kier molecular flexibility index (Phi) is 4.89. The van der Waals surface area contributed by atoms with E-state index in [1.807, 2.05) is 0 Å². The zero-order chi connectivity index (χ0) is 10.6. The van der Waals surface area contributed by atoms with Crippen molar-refractivity contribution < 1.29 is 10.2 Å². The van der Waals surface area contributed by atoms with Gasteiger partial charge in [0.25, 0.3) is 0 Å². The first-order valence-corrected chi connectivity index (χ1v) is 5.82. The summed E-state index contributed by atoms with van der Waals surface area (Å²) in [6.45, 7) is 0. The van der Waals surface area contributed by atoms with E-state index in [1.54, 1.807) is 24.3 Å². The van der Waals surface area contributed by atoms with Crippen molar-refractivity contribution in [3.63, 3.8) is 0 Å². The lowest BCUT2D eigenvalue weighted by Crippen LogP contribution is -2.18. The van der Waals surface area contributed by atoms with Gasteiger partial charge in [0.15, 0.2) is 0 Å². The van der Waals surface area contributed by atoms with E-state index in [9.17, 15) is 10.2 Å². The molecule has 0 aliphatic rings. The molecule has 1 rings (SSSR count). The number of aliphatic hydroxyl groups is 2. The van der Waals surface area contributed by atoms with E-state index >= 15 is 0 Å². The lowest BCUT2D eigenvalue weighted by molar-refractivity contribution is 0.0173. The molecule has 0 fully saturated rings. The molecule has 2 nitrogen and oxygen atoms in total. The summed E-state index contributed by atoms with van der Waals surface area (Å²) in [5.74, 6) is 0. The molecule has 2 unspecified atom stereocenters. The lowest BCUT2D eigenvalue weighted by Gasteiger charge is -2.17. The molecule has 0 amide bonds. The minimum atomic E-state index is -0.843. The Labute approximate surface area is 96.7 Å². The summed E-state index contributed by atoms with van der Waals surface area (Å²) >= 11 is 8.92. The molecule has 1 aromatic rings. The molecule has 0 spiro atoms. The van der Waals surface area contributed by atoms with Gasteiger partial charge in [-0.1, -0.05) is 39.7 Å². The van der Waals surface area contributed by atoms with Crippen molar-refractivity contribution in [3.05, 3.63) is 34.9 Å². The third kappa shape index (κ3) is 3.24. The van der Waals surface area contributed by atoms with Crippen molar-refractivity contribution in [2.75, 3.05) is 5.33 Å². The predicted octanol–water partition coefficient (Wildman–Crippen LogP) is 2.52. The van der Waals surface area contributed by atoms with Gasteiger partial charge < -0.3 is 10.2 Å². The van der Waals surface area contributed by atoms with Crippen LogP contribution in [0.2, 0.25) is 5.02 Å². The number of halogens is 2. The highest BCUT2D eigenvalue weighted by Crippen LogP contribution is 2.21. The molecule has 0 saturated carbocycles. The van der Waals surface area contributed by atoms with Crippen molar-refractivity contribution >= 4 is 27.5 Å². The van der Waals surface area contributed by atoms with Crippen LogP contribution in [0.5, 0.6) is 0 Å². The maximum Gasteiger partial charge on any atom is 0.105 e. The fourth-order valence-electron chi connectivity index (χ4n) is 1.15. The number of rotatable bonds is 4. The highest BCUT2D eigenvalue weighted by molar-refractivity contribution is 9.09. The molecule has 0 radical (unpaired) electrons. The second kappa shape index (κ2) is 5.71. The van der Waals surface area contributed by atoms with E-state index in [4.69, 9.17) is 11.6 Å². The van der Waals surface area contributed by atoms with Gasteiger partial charge in [-0.05, 0) is 24.1 Å². The third-order valence-electron chi connectivity index (χ3n) is 1.98. The summed E-state index contributed by atoms with van der Waals surface area (Å²) < 4.78 is 0. The SMILES string of the molecule is OC(CCBr)C(O)c1ccc(Cl)cc1. The molecule has 4 heteroatoms. The molecule has 78 valence electrons. The average Bonchev–Trinajstić information content (AvgIpc) is 2.18. The minimum absolute atomic E-state index is 0.518. The fraction of sp³-hybridized carbons (Fsp3) is 0.400. The third-order valence-corrected chi connectivity index (χ3v) is 2.69. The van der Waals surface area contributed by atoms with E-state index in [-0.39, 0.29) is 0 Å². The summed E-state index contributed by atoms with van der Waals surface area (Å²) in [7, 11) is 0. The summed E-state index contributed by atoms with van der Waals surface area (Å²) in [5.41, 5.74) is 0.683. The average molecular weight is 280 g/mol. The van der Waals surface area contributed by atoms with E-state index in [2.05, 4.69) is 15.9 Å². The van der Waals surface area contributed by atoms with Gasteiger partial charge in [0.05, 0.1) is 6.10 Å². The first kappa shape index (κ1) is 12.0. The van der Waals surface area contributed by atoms with E-state index in [1.165, 1.54) is 0 Å². The lowest BCUT2D eigenvalue weighted by atomic mass is 10.0. The molecule has 0 saturated heterocycles. The van der Waals surface area contributed by atoms with Gasteiger partial charge in [-0.25, -0.2) is 0 Å². The van der Waals surface area contributed by atoms with Crippen LogP contribution >= 0.6 is 27.5 Å². The Bertz CT molecular complexity index is 276. The van der Waals surface area contributed by atoms with Crippen LogP contribution in [0.25, 0.3) is 0 Å². The number of hydrogen-bond donors (Lipinski definition) is 2. The summed E-state index contributed by atoms with van der Waals surface area (Å²) in [6, 6.07) is 6.82. The van der Waals surface area contributed by atoms with Crippen molar-refractivity contribution in [2.45, 2.75) is 18.6 Å². The molecule has 0 aromatic heterocycles. The van der Waals surface area contributed by atoms with Gasteiger partial charge in [0.2, 0.25) is 0 Å². The second-order valence-corrected chi connectivity index (χ2v) is 4.27. The molecular weight excluding hydrogens is 267 g/mol. The molecule has 0 aliphatic heterocycles. The molecule has 2 N–H and O–H groups in total. The molecule has 0 bridgehead atoms. The summed E-state index contributed by atoms with van der Waals surface area (Å²) in [5, 5.41) is 20.5. The molecule has 1 aromatic carbocycles. The van der Waals surface area contributed by atoms with Crippen LogP contribution in [0.1, 0.15) is 18.1 Å². The highest BCUT2D eigenvalue weighted by atomic mass is 79.9. The first-order chi connectivity index (χ1) is 6.65. The van der Waals surface area contributed by atoms with Crippen LogP contribution in [0.4, 0.5) is 0 Å². The van der Waals surface area contributed by atoms with Gasteiger partial charge in [-0.2, -0.15) is 0 Å². The van der Waals surface area contributed by atoms with Crippen LogP contribution in [0.15, 0.2) is 24.3 Å². The van der Waals surface area contributed by atoms with Crippen LogP contribution < -0.4 is 0 Å². The van der Waals surface area contributed by atoms with Gasteiger partial charge in [-0.15, -0.1) is 0 Å². The fourth-order valence-corrected chi connectivity index (χ4v) is 1.75. The topological polar surface area (TPSA) is 40.5 Å². The van der Waals surface area contributed by atoms with Crippen LogP contribution in [-0.2, 0) is 0 Å². The molecule has 0 heterocycles. The van der Waals surface area contributed by atoms with Gasteiger partial charge in [0.1, 0.15) is 6.10 Å². The molecule has 0 aliphatic carbocycles. The Morgan fingerprint density at radius 3 is 2.29 bits per heavy atom. The number of aliphatic hydroxyl groups excluding tert-OH is 2. The van der Waals surface area contributed by atoms with Crippen LogP contribution in [-0.4, -0.2) is 21.6 Å². The largest absolute Gasteiger partial charge is 0.390 e. The van der Waals surface area contributed by atoms with Gasteiger partial charge >= 0.3 is 0 Å². The molecule has 14 heavy (non-hydrogen) atoms. The standard InChI is InChI=1S/C10H12BrClO2/c11-6-5-9(13)10(14)7-1-3-8(12)4-2-7/h1-4,9-10,13-14H,5-6H2. The number of benzene rings is 1. The number of hydrogen-bond acceptors (Lipinski definition) is 2. The van der Waals surface area contributed by atoms with Crippen molar-refractivity contribution in [2.24, 2.45) is 0 Å². The smallest absolute Gasteiger partial charge is 0.105 e. The van der Waals surface area contributed by atoms with E-state index < -0.39 is 12.2 Å². The second-order valence-electron chi connectivity index (χ2n) is 3.04. The zero-order valence-electron chi connectivity index (χ0n) is 7.53. The highest BCUT2D eigenvalue weighted by Gasteiger charge is 2.17. The predicted molar refractivity (Wildman–Crippen MR) is 60.8 cm³/mol. The van der Waals surface area contributed by atoms with Crippen molar-refractivity contribution in [3.8, 4) is 0 Å². The Morgan fingerprint density at radius 1 is 1.21 bits per heavy atom. The monoisotopic (exact) mass is 278 g/mol. The van der Waals surface area contributed by atoms with Crippen molar-refractivity contribution in [1.29, 1.82) is 0 Å². The van der Waals surface area contributed by atoms with Crippen molar-refractivity contribution in [1.82, 2.24) is 0 Å². The quantitative estimate of drug-likeness (QED) is 0.832. The Morgan fingerprint density at radius 2 is 1.79 bits per heavy atom. The van der Waals surface area contributed by atoms with Gasteiger partial charge in [-0.3, -0.25) is 0 Å². The molecule has 2 atom stereocenters. The normalized spacial score (nSPS) is 15.1. The molecular formula is C10H12BrClO2. The maximum atomic E-state index is 9.70. The van der Waals surface area contributed by atoms with E-state index in [0.717, 1.165) is 0 Å². The summed E-state index contributed by atoms with van der Waals surface area (Å²) in [6.07, 6.45) is -1.07. The first-order valence-electron chi connectivity index (χ1n) is 4.32. The number of alkyl halides is 1. The zero-order valence-corrected chi connectivity index (χ0v) is 9.87. The minimum Gasteiger partial charge on any atom is -0.390 e. The Hall–Kier alpha value is -0.0900. The van der Waals surface area contributed by atoms with E-state index in [0.29, 0.717) is 22.3 Å². The van der Waals surface area contributed by atoms with Gasteiger partial charge in [0, 0.05) is 10.4 Å². The van der Waals surface area contributed by atoms with Crippen LogP contribution in [0, 0.1) is 0 Å². The Balaban J connectivity index is 2.68.